The molecule has 0 fully saturated rings. The van der Waals surface area contributed by atoms with Crippen molar-refractivity contribution in [1.29, 1.82) is 0 Å². The summed E-state index contributed by atoms with van der Waals surface area (Å²) in [5.74, 6) is 98.1. The van der Waals surface area contributed by atoms with E-state index in [1.807, 2.05) is 18.2 Å². The highest BCUT2D eigenvalue weighted by Crippen LogP contribution is 2.19. The van der Waals surface area contributed by atoms with Crippen molar-refractivity contribution in [2.75, 3.05) is 0 Å². The smallest absolute Gasteiger partial charge is 0.102 e. The second-order valence-electron chi connectivity index (χ2n) is 7.08. The van der Waals surface area contributed by atoms with Crippen molar-refractivity contribution >= 4 is 27.0 Å². The Kier molecular flexibility index (Phi) is 24.8. The van der Waals surface area contributed by atoms with E-state index in [9.17, 15) is 0 Å². The van der Waals surface area contributed by atoms with Crippen molar-refractivity contribution in [2.45, 2.75) is 0 Å². The second kappa shape index (κ2) is 32.3. The number of nitrogens with one attached hydrogen (secondary N) is 1. The molecule has 0 aliphatic carbocycles. The molecule has 0 spiro atoms. The average molecular weight is 704 g/mol. The zero-order chi connectivity index (χ0) is 37.3. The van der Waals surface area contributed by atoms with Gasteiger partial charge in [0.1, 0.15) is 5.52 Å². The van der Waals surface area contributed by atoms with E-state index in [0.29, 0.717) is 0 Å². The van der Waals surface area contributed by atoms with E-state index in [1.165, 1.54) is 0 Å². The number of terminal acetylenes is 2. The lowest BCUT2D eigenvalue weighted by Crippen LogP contribution is -1.68. The molecule has 0 amide bonds. The number of H-pyrrole nitrogens is 1. The minimum absolute atomic E-state index is 0.988. The molecular formula is C49H7BrN2. The monoisotopic (exact) mass is 702 g/mol. The molecule has 1 heterocycles. The van der Waals surface area contributed by atoms with Crippen molar-refractivity contribution in [3.8, 4) is 250 Å². The first kappa shape index (κ1) is 40.0. The Hall–Kier alpha value is -10.1. The first-order chi connectivity index (χ1) is 25.8. The molecule has 2 nitrogen and oxygen atoms in total. The van der Waals surface area contributed by atoms with Gasteiger partial charge < -0.3 is 4.98 Å². The zero-order valence-electron chi connectivity index (χ0n) is 26.3. The van der Waals surface area contributed by atoms with Crippen LogP contribution in [-0.2, 0) is 0 Å². The van der Waals surface area contributed by atoms with Crippen LogP contribution in [-0.4, -0.2) is 9.97 Å². The Morgan fingerprint density at radius 2 is 0.596 bits per heavy atom. The quantitative estimate of drug-likeness (QED) is 0.421. The predicted octanol–water partition coefficient (Wildman–Crippen LogP) is 2.64. The number of para-hydroxylation sites is 1. The number of imidazole rings is 1. The van der Waals surface area contributed by atoms with Gasteiger partial charge in [0.2, 0.25) is 0 Å². The summed E-state index contributed by atoms with van der Waals surface area (Å²) in [7, 11) is 0. The van der Waals surface area contributed by atoms with Gasteiger partial charge in [-0.1, -0.05) is 6.07 Å². The van der Waals surface area contributed by atoms with Crippen molar-refractivity contribution < 1.29 is 0 Å². The molecule has 0 saturated heterocycles. The Bertz CT molecular complexity index is 2920. The number of halogens is 1. The fourth-order valence-corrected chi connectivity index (χ4v) is 2.60. The Morgan fingerprint density at radius 3 is 0.808 bits per heavy atom. The Balaban J connectivity index is 0.00000113. The van der Waals surface area contributed by atoms with Crippen LogP contribution >= 0.6 is 15.9 Å². The zero-order valence-corrected chi connectivity index (χ0v) is 27.9. The minimum atomic E-state index is 0.988. The van der Waals surface area contributed by atoms with E-state index in [4.69, 9.17) is 12.8 Å². The van der Waals surface area contributed by atoms with Gasteiger partial charge in [-0.15, -0.1) is 12.8 Å². The SMILES string of the molecule is Brc1cccc2[nH]cnc12.C#CC#CC#CC#CC#CC#CC#CC#CC#CC#CC#CC#CC#CC#CC#CC#CC#CC#CC#CC#CC#C. The molecule has 1 N–H and O–H groups in total. The molecule has 1 aromatic heterocycles. The van der Waals surface area contributed by atoms with Gasteiger partial charge in [-0.05, 0) is 123 Å². The maximum atomic E-state index is 4.93. The van der Waals surface area contributed by atoms with E-state index < -0.39 is 0 Å². The van der Waals surface area contributed by atoms with Crippen LogP contribution in [0.2, 0.25) is 0 Å². The molecule has 2 rings (SSSR count). The molecule has 220 valence electrons. The van der Waals surface area contributed by atoms with Gasteiger partial charge in [0.05, 0.1) is 11.8 Å². The maximum absolute atomic E-state index is 4.93. The molecule has 0 atom stereocenters. The van der Waals surface area contributed by atoms with Gasteiger partial charge in [-0.3, -0.25) is 0 Å². The van der Waals surface area contributed by atoms with E-state index in [0.717, 1.165) is 15.5 Å². The van der Waals surface area contributed by atoms with Gasteiger partial charge in [0, 0.05) is 147 Å². The minimum Gasteiger partial charge on any atom is -0.345 e. The Labute approximate surface area is 314 Å². The lowest BCUT2D eigenvalue weighted by molar-refractivity contribution is 1.34. The Morgan fingerprint density at radius 1 is 0.365 bits per heavy atom. The summed E-state index contributed by atoms with van der Waals surface area (Å²) in [6, 6.07) is 5.95. The van der Waals surface area contributed by atoms with Crippen LogP contribution in [0, 0.1) is 250 Å². The number of fused-ring (bicyclic) bond motifs is 1. The number of rotatable bonds is 0. The summed E-state index contributed by atoms with van der Waals surface area (Å²) < 4.78 is 1.03. The van der Waals surface area contributed by atoms with Gasteiger partial charge >= 0.3 is 0 Å². The molecule has 0 aliphatic heterocycles. The van der Waals surface area contributed by atoms with Crippen molar-refractivity contribution in [1.82, 2.24) is 9.97 Å². The molecule has 0 bridgehead atoms. The van der Waals surface area contributed by atoms with E-state index in [1.54, 1.807) is 6.33 Å². The highest BCUT2D eigenvalue weighted by molar-refractivity contribution is 9.10. The number of aromatic nitrogens is 2. The van der Waals surface area contributed by atoms with Crippen molar-refractivity contribution in [3.63, 3.8) is 0 Å². The largest absolute Gasteiger partial charge is 0.345 e. The topological polar surface area (TPSA) is 28.7 Å². The number of nitrogens with zero attached hydrogens (tertiary/aromatic N) is 1. The average Bonchev–Trinajstić information content (AvgIpc) is 3.65. The van der Waals surface area contributed by atoms with Gasteiger partial charge in [0.25, 0.3) is 0 Å². The molecule has 0 unspecified atom stereocenters. The highest BCUT2D eigenvalue weighted by atomic mass is 79.9. The summed E-state index contributed by atoms with van der Waals surface area (Å²) in [5, 5.41) is 0. The first-order valence-electron chi connectivity index (χ1n) is 13.3. The molecule has 2 aromatic rings. The fraction of sp³-hybridized carbons (Fsp3) is 0. The number of aromatic amines is 1. The summed E-state index contributed by atoms with van der Waals surface area (Å²) in [6.07, 6.45) is 11.6. The maximum Gasteiger partial charge on any atom is 0.102 e. The lowest BCUT2D eigenvalue weighted by atomic mass is 10.3. The van der Waals surface area contributed by atoms with Crippen LogP contribution < -0.4 is 0 Å². The van der Waals surface area contributed by atoms with Crippen LogP contribution in [0.5, 0.6) is 0 Å². The molecule has 0 aliphatic rings. The van der Waals surface area contributed by atoms with Crippen LogP contribution in [0.25, 0.3) is 11.0 Å². The van der Waals surface area contributed by atoms with Crippen LogP contribution in [0.3, 0.4) is 0 Å². The van der Waals surface area contributed by atoms with Crippen LogP contribution in [0.1, 0.15) is 0 Å². The third kappa shape index (κ3) is 25.3. The number of benzene rings is 1. The summed E-state index contributed by atoms with van der Waals surface area (Å²) in [6.45, 7) is 0. The van der Waals surface area contributed by atoms with Gasteiger partial charge in [-0.2, -0.15) is 0 Å². The van der Waals surface area contributed by atoms with E-state index in [-0.39, 0.29) is 0 Å². The van der Waals surface area contributed by atoms with E-state index in [2.05, 4.69) is 263 Å². The molecule has 1 aromatic carbocycles. The molecule has 52 heavy (non-hydrogen) atoms. The highest BCUT2D eigenvalue weighted by Gasteiger charge is 1.97. The summed E-state index contributed by atoms with van der Waals surface area (Å²) in [4.78, 5) is 7.14. The van der Waals surface area contributed by atoms with Crippen LogP contribution in [0.4, 0.5) is 0 Å². The standard InChI is InChI=1S/C42H2.C7H5BrN2/c1-3-5-7-9-11-13-15-17-19-21-23-25-27-29-31-33-35-37-39-41-42-40-38-36-34-32-30-28-26-24-22-20-18-16-14-12-10-8-6-4-2;8-5-2-1-3-6-7(5)10-4-9-6/h1-2H;1-4H,(H,9,10). The molecular weight excluding hydrogens is 696 g/mol. The number of hydrogen-bond acceptors (Lipinski definition) is 1. The van der Waals surface area contributed by atoms with E-state index >= 15 is 0 Å². The first-order valence-corrected chi connectivity index (χ1v) is 14.1. The van der Waals surface area contributed by atoms with Gasteiger partial charge in [-0.25, -0.2) is 4.98 Å². The molecule has 0 saturated carbocycles. The van der Waals surface area contributed by atoms with Crippen LogP contribution in [0.15, 0.2) is 29.0 Å². The third-order valence-corrected chi connectivity index (χ3v) is 4.50. The number of hydrogen-bond donors (Lipinski definition) is 1. The third-order valence-electron chi connectivity index (χ3n) is 3.86. The summed E-state index contributed by atoms with van der Waals surface area (Å²) in [5.41, 5.74) is 2.05. The van der Waals surface area contributed by atoms with Gasteiger partial charge in [0.15, 0.2) is 0 Å². The summed E-state index contributed by atoms with van der Waals surface area (Å²) >= 11 is 3.39. The normalized spacial score (nSPS) is 5.13. The molecule has 3 heteroatoms. The predicted molar refractivity (Wildman–Crippen MR) is 209 cm³/mol. The van der Waals surface area contributed by atoms with Crippen molar-refractivity contribution in [2.24, 2.45) is 0 Å². The molecule has 0 radical (unpaired) electrons. The second-order valence-corrected chi connectivity index (χ2v) is 7.93. The van der Waals surface area contributed by atoms with Crippen molar-refractivity contribution in [3.05, 3.63) is 29.0 Å². The lowest BCUT2D eigenvalue weighted by Gasteiger charge is -1.88. The fourth-order valence-electron chi connectivity index (χ4n) is 2.13.